The molecular weight excluding hydrogens is 244 g/mol. The van der Waals surface area contributed by atoms with Gasteiger partial charge in [0.2, 0.25) is 0 Å². The molecule has 0 aliphatic rings. The summed E-state index contributed by atoms with van der Waals surface area (Å²) in [6, 6.07) is 6.58. The number of nitrogens with zero attached hydrogens (tertiary/aromatic N) is 2. The van der Waals surface area contributed by atoms with Crippen molar-refractivity contribution in [3.05, 3.63) is 29.3 Å². The van der Waals surface area contributed by atoms with E-state index in [-0.39, 0.29) is 0 Å². The van der Waals surface area contributed by atoms with Crippen LogP contribution in [-0.4, -0.2) is 38.6 Å². The topological polar surface area (TPSA) is 6.48 Å². The standard InChI is InChI=1S/C15H25ClN2/c1-5-18(10-6-9-17(3)4)15-8-7-14(12-16)13(2)11-15/h7-8,11H,5-6,9-10,12H2,1-4H3. The molecule has 0 radical (unpaired) electrons. The molecule has 0 saturated carbocycles. The van der Waals surface area contributed by atoms with Crippen LogP contribution in [-0.2, 0) is 5.88 Å². The van der Waals surface area contributed by atoms with Crippen LogP contribution in [0.15, 0.2) is 18.2 Å². The van der Waals surface area contributed by atoms with Crippen molar-refractivity contribution in [3.63, 3.8) is 0 Å². The third kappa shape index (κ3) is 4.51. The highest BCUT2D eigenvalue weighted by Gasteiger charge is 2.06. The summed E-state index contributed by atoms with van der Waals surface area (Å²) < 4.78 is 0. The Morgan fingerprint density at radius 2 is 1.89 bits per heavy atom. The molecule has 0 atom stereocenters. The van der Waals surface area contributed by atoms with E-state index in [0.29, 0.717) is 5.88 Å². The van der Waals surface area contributed by atoms with E-state index in [1.807, 2.05) is 0 Å². The molecule has 0 unspecified atom stereocenters. The molecule has 0 saturated heterocycles. The van der Waals surface area contributed by atoms with Crippen LogP contribution in [0.25, 0.3) is 0 Å². The SMILES string of the molecule is CCN(CCCN(C)C)c1ccc(CCl)c(C)c1. The van der Waals surface area contributed by atoms with Gasteiger partial charge >= 0.3 is 0 Å². The van der Waals surface area contributed by atoms with E-state index in [0.717, 1.165) is 19.6 Å². The highest BCUT2D eigenvalue weighted by atomic mass is 35.5. The summed E-state index contributed by atoms with van der Waals surface area (Å²) in [6.07, 6.45) is 1.19. The molecule has 0 aliphatic heterocycles. The minimum absolute atomic E-state index is 0.596. The average molecular weight is 269 g/mol. The lowest BCUT2D eigenvalue weighted by atomic mass is 10.1. The quantitative estimate of drug-likeness (QED) is 0.699. The van der Waals surface area contributed by atoms with Crippen LogP contribution in [0.1, 0.15) is 24.5 Å². The monoisotopic (exact) mass is 268 g/mol. The van der Waals surface area contributed by atoms with Gasteiger partial charge in [0.1, 0.15) is 0 Å². The third-order valence-corrected chi connectivity index (χ3v) is 3.54. The fourth-order valence-corrected chi connectivity index (χ4v) is 2.37. The van der Waals surface area contributed by atoms with Crippen molar-refractivity contribution in [1.29, 1.82) is 0 Å². The van der Waals surface area contributed by atoms with Gasteiger partial charge in [-0.05, 0) is 64.2 Å². The van der Waals surface area contributed by atoms with Gasteiger partial charge in [-0.3, -0.25) is 0 Å². The molecule has 1 rings (SSSR count). The molecular formula is C15H25ClN2. The summed E-state index contributed by atoms with van der Waals surface area (Å²) in [7, 11) is 4.24. The summed E-state index contributed by atoms with van der Waals surface area (Å²) in [6.45, 7) is 7.63. The van der Waals surface area contributed by atoms with Gasteiger partial charge in [0.15, 0.2) is 0 Å². The first kappa shape index (κ1) is 15.3. The Morgan fingerprint density at radius 3 is 2.39 bits per heavy atom. The molecule has 0 amide bonds. The van der Waals surface area contributed by atoms with Gasteiger partial charge in [0.05, 0.1) is 0 Å². The summed E-state index contributed by atoms with van der Waals surface area (Å²) in [5, 5.41) is 0. The maximum absolute atomic E-state index is 5.90. The van der Waals surface area contributed by atoms with E-state index in [1.54, 1.807) is 0 Å². The van der Waals surface area contributed by atoms with Crippen molar-refractivity contribution >= 4 is 17.3 Å². The van der Waals surface area contributed by atoms with Crippen LogP contribution in [0, 0.1) is 6.92 Å². The van der Waals surface area contributed by atoms with Crippen LogP contribution < -0.4 is 4.90 Å². The molecule has 2 nitrogen and oxygen atoms in total. The Hall–Kier alpha value is -0.730. The molecule has 0 heterocycles. The molecule has 0 fully saturated rings. The van der Waals surface area contributed by atoms with Crippen molar-refractivity contribution in [1.82, 2.24) is 4.90 Å². The summed E-state index contributed by atoms with van der Waals surface area (Å²) >= 11 is 5.90. The Balaban J connectivity index is 2.67. The largest absolute Gasteiger partial charge is 0.372 e. The van der Waals surface area contributed by atoms with Crippen LogP contribution in [0.3, 0.4) is 0 Å². The highest BCUT2D eigenvalue weighted by Crippen LogP contribution is 2.20. The normalized spacial score (nSPS) is 11.0. The van der Waals surface area contributed by atoms with Crippen LogP contribution in [0.4, 0.5) is 5.69 Å². The lowest BCUT2D eigenvalue weighted by Gasteiger charge is -2.24. The first-order valence-electron chi connectivity index (χ1n) is 6.63. The van der Waals surface area contributed by atoms with Crippen molar-refractivity contribution in [2.75, 3.05) is 38.6 Å². The Kier molecular flexibility index (Phi) is 6.51. The number of halogens is 1. The molecule has 0 spiro atoms. The zero-order valence-electron chi connectivity index (χ0n) is 12.0. The zero-order valence-corrected chi connectivity index (χ0v) is 12.8. The second-order valence-electron chi connectivity index (χ2n) is 4.98. The zero-order chi connectivity index (χ0) is 13.5. The first-order valence-corrected chi connectivity index (χ1v) is 7.17. The lowest BCUT2D eigenvalue weighted by Crippen LogP contribution is -2.27. The highest BCUT2D eigenvalue weighted by molar-refractivity contribution is 6.17. The number of aryl methyl sites for hydroxylation is 1. The van der Waals surface area contributed by atoms with Gasteiger partial charge in [-0.2, -0.15) is 0 Å². The summed E-state index contributed by atoms with van der Waals surface area (Å²) in [4.78, 5) is 4.66. The van der Waals surface area contributed by atoms with Crippen molar-refractivity contribution < 1.29 is 0 Å². The van der Waals surface area contributed by atoms with E-state index in [2.05, 4.69) is 55.9 Å². The smallest absolute Gasteiger partial charge is 0.0476 e. The van der Waals surface area contributed by atoms with Gasteiger partial charge in [-0.25, -0.2) is 0 Å². The second-order valence-corrected chi connectivity index (χ2v) is 5.25. The Morgan fingerprint density at radius 1 is 1.17 bits per heavy atom. The van der Waals surface area contributed by atoms with E-state index in [9.17, 15) is 0 Å². The molecule has 3 heteroatoms. The number of rotatable bonds is 7. The van der Waals surface area contributed by atoms with Gasteiger partial charge in [-0.15, -0.1) is 11.6 Å². The number of alkyl halides is 1. The second kappa shape index (κ2) is 7.65. The van der Waals surface area contributed by atoms with Gasteiger partial charge in [-0.1, -0.05) is 6.07 Å². The van der Waals surface area contributed by atoms with Gasteiger partial charge < -0.3 is 9.80 Å². The average Bonchev–Trinajstić information content (AvgIpc) is 2.34. The third-order valence-electron chi connectivity index (χ3n) is 3.25. The van der Waals surface area contributed by atoms with E-state index >= 15 is 0 Å². The maximum atomic E-state index is 5.90. The van der Waals surface area contributed by atoms with Crippen LogP contribution >= 0.6 is 11.6 Å². The molecule has 0 N–H and O–H groups in total. The Labute approximate surface area is 117 Å². The maximum Gasteiger partial charge on any atom is 0.0476 e. The summed E-state index contributed by atoms with van der Waals surface area (Å²) in [5.74, 6) is 0.596. The first-order chi connectivity index (χ1) is 8.58. The van der Waals surface area contributed by atoms with Crippen LogP contribution in [0.2, 0.25) is 0 Å². The molecule has 1 aromatic carbocycles. The van der Waals surface area contributed by atoms with Gasteiger partial charge in [0.25, 0.3) is 0 Å². The van der Waals surface area contributed by atoms with Crippen molar-refractivity contribution in [2.45, 2.75) is 26.1 Å². The molecule has 0 aliphatic carbocycles. The van der Waals surface area contributed by atoms with Crippen molar-refractivity contribution in [2.24, 2.45) is 0 Å². The van der Waals surface area contributed by atoms with E-state index in [4.69, 9.17) is 11.6 Å². The predicted octanol–water partition coefficient (Wildman–Crippen LogP) is 3.51. The predicted molar refractivity (Wildman–Crippen MR) is 81.8 cm³/mol. The molecule has 1 aromatic rings. The molecule has 0 bridgehead atoms. The minimum atomic E-state index is 0.596. The van der Waals surface area contributed by atoms with E-state index in [1.165, 1.54) is 23.2 Å². The molecule has 0 aromatic heterocycles. The minimum Gasteiger partial charge on any atom is -0.372 e. The van der Waals surface area contributed by atoms with E-state index < -0.39 is 0 Å². The Bertz CT molecular complexity index is 364. The van der Waals surface area contributed by atoms with Crippen molar-refractivity contribution in [3.8, 4) is 0 Å². The fraction of sp³-hybridized carbons (Fsp3) is 0.600. The number of hydrogen-bond acceptors (Lipinski definition) is 2. The van der Waals surface area contributed by atoms with Crippen LogP contribution in [0.5, 0.6) is 0 Å². The lowest BCUT2D eigenvalue weighted by molar-refractivity contribution is 0.400. The summed E-state index contributed by atoms with van der Waals surface area (Å²) in [5.41, 5.74) is 3.82. The fourth-order valence-electron chi connectivity index (χ4n) is 2.07. The molecule has 18 heavy (non-hydrogen) atoms. The number of anilines is 1. The number of hydrogen-bond donors (Lipinski definition) is 0. The molecule has 102 valence electrons. The van der Waals surface area contributed by atoms with Gasteiger partial charge in [0, 0.05) is 24.7 Å². The number of benzene rings is 1.